The van der Waals surface area contributed by atoms with Crippen molar-refractivity contribution in [2.75, 3.05) is 0 Å². The quantitative estimate of drug-likeness (QED) is 0.379. The predicted octanol–water partition coefficient (Wildman–Crippen LogP) is 6.69. The summed E-state index contributed by atoms with van der Waals surface area (Å²) in [6.45, 7) is 0. The maximum atomic E-state index is 13.9. The summed E-state index contributed by atoms with van der Waals surface area (Å²) < 4.78 is 13.9. The third-order valence-electron chi connectivity index (χ3n) is 3.52. The first kappa shape index (κ1) is 17.3. The first-order valence-electron chi connectivity index (χ1n) is 7.56. The molecule has 3 aromatic carbocycles. The molecular weight excluding hydrogens is 353 g/mol. The van der Waals surface area contributed by atoms with Gasteiger partial charge in [0, 0.05) is 20.4 Å². The number of nitriles is 1. The Hall–Kier alpha value is -2.54. The number of halogens is 2. The molecule has 0 heterocycles. The Morgan fingerprint density at radius 2 is 1.52 bits per heavy atom. The summed E-state index contributed by atoms with van der Waals surface area (Å²) in [5, 5.41) is 10.0. The zero-order valence-corrected chi connectivity index (χ0v) is 14.7. The average Bonchev–Trinajstić information content (AvgIpc) is 2.64. The highest BCUT2D eigenvalue weighted by Gasteiger charge is 2.06. The predicted molar refractivity (Wildman–Crippen MR) is 102 cm³/mol. The number of nitrogens with zero attached hydrogens (tertiary/aromatic N) is 1. The molecule has 122 valence electrons. The van der Waals surface area contributed by atoms with Gasteiger partial charge in [0.25, 0.3) is 0 Å². The lowest BCUT2D eigenvalue weighted by atomic mass is 10.0. The molecule has 0 radical (unpaired) electrons. The Labute approximate surface area is 155 Å². The molecule has 0 aliphatic rings. The van der Waals surface area contributed by atoms with E-state index in [1.54, 1.807) is 36.0 Å². The van der Waals surface area contributed by atoms with Crippen molar-refractivity contribution in [1.29, 1.82) is 5.26 Å². The highest BCUT2D eigenvalue weighted by Crippen LogP contribution is 2.29. The van der Waals surface area contributed by atoms with E-state index in [1.165, 1.54) is 6.07 Å². The Morgan fingerprint density at radius 3 is 2.12 bits per heavy atom. The van der Waals surface area contributed by atoms with Gasteiger partial charge in [-0.3, -0.25) is 0 Å². The second-order valence-corrected chi connectivity index (χ2v) is 6.86. The molecule has 3 rings (SSSR count). The first-order chi connectivity index (χ1) is 12.2. The Kier molecular flexibility index (Phi) is 5.55. The molecule has 0 atom stereocenters. The molecule has 4 heteroatoms. The minimum absolute atomic E-state index is 0.302. The summed E-state index contributed by atoms with van der Waals surface area (Å²) in [7, 11) is 0. The lowest BCUT2D eigenvalue weighted by molar-refractivity contribution is 0.624. The molecule has 0 spiro atoms. The molecule has 0 saturated carbocycles. The lowest BCUT2D eigenvalue weighted by Crippen LogP contribution is -1.87. The van der Waals surface area contributed by atoms with Crippen LogP contribution < -0.4 is 0 Å². The molecule has 3 aromatic rings. The fourth-order valence-electron chi connectivity index (χ4n) is 2.29. The smallest absolute Gasteiger partial charge is 0.131 e. The minimum Gasteiger partial charge on any atom is -0.206 e. The maximum Gasteiger partial charge on any atom is 0.131 e. The van der Waals surface area contributed by atoms with Crippen LogP contribution in [0.1, 0.15) is 11.1 Å². The maximum absolute atomic E-state index is 13.9. The van der Waals surface area contributed by atoms with Crippen LogP contribution in [0.3, 0.4) is 0 Å². The van der Waals surface area contributed by atoms with Crippen LogP contribution in [-0.4, -0.2) is 0 Å². The summed E-state index contributed by atoms with van der Waals surface area (Å²) in [6, 6.07) is 23.8. The number of rotatable bonds is 4. The van der Waals surface area contributed by atoms with Crippen molar-refractivity contribution in [1.82, 2.24) is 0 Å². The van der Waals surface area contributed by atoms with E-state index in [-0.39, 0.29) is 0 Å². The van der Waals surface area contributed by atoms with E-state index in [0.717, 1.165) is 15.4 Å². The number of hydrogen-bond donors (Lipinski definition) is 0. The van der Waals surface area contributed by atoms with Crippen molar-refractivity contribution >= 4 is 35.0 Å². The molecule has 1 nitrogen and oxygen atoms in total. The molecule has 0 fully saturated rings. The van der Waals surface area contributed by atoms with Crippen molar-refractivity contribution < 1.29 is 4.39 Å². The third kappa shape index (κ3) is 4.51. The largest absolute Gasteiger partial charge is 0.206 e. The Morgan fingerprint density at radius 1 is 0.920 bits per heavy atom. The van der Waals surface area contributed by atoms with Crippen molar-refractivity contribution in [3.63, 3.8) is 0 Å². The van der Waals surface area contributed by atoms with Gasteiger partial charge in [0.05, 0.1) is 11.6 Å². The van der Waals surface area contributed by atoms with Gasteiger partial charge >= 0.3 is 0 Å². The van der Waals surface area contributed by atoms with Gasteiger partial charge in [-0.25, -0.2) is 4.39 Å². The summed E-state index contributed by atoms with van der Waals surface area (Å²) in [6.07, 6.45) is 1.69. The summed E-state index contributed by atoms with van der Waals surface area (Å²) in [4.78, 5) is 2.17. The second kappa shape index (κ2) is 8.02. The summed E-state index contributed by atoms with van der Waals surface area (Å²) in [5.74, 6) is -0.398. The summed E-state index contributed by atoms with van der Waals surface area (Å²) in [5.41, 5.74) is 1.46. The van der Waals surface area contributed by atoms with Crippen LogP contribution in [0.25, 0.3) is 11.6 Å². The number of benzene rings is 3. The summed E-state index contributed by atoms with van der Waals surface area (Å²) >= 11 is 7.51. The van der Waals surface area contributed by atoms with Gasteiger partial charge in [-0.05, 0) is 54.1 Å². The van der Waals surface area contributed by atoms with Crippen LogP contribution in [0.15, 0.2) is 82.6 Å². The molecule has 0 N–H and O–H groups in total. The fourth-order valence-corrected chi connectivity index (χ4v) is 3.23. The van der Waals surface area contributed by atoms with Crippen LogP contribution in [0, 0.1) is 17.1 Å². The van der Waals surface area contributed by atoms with Crippen LogP contribution in [0.5, 0.6) is 0 Å². The standard InChI is InChI=1S/C21H13ClFNS/c22-17-7-11-19(12-8-17)25-18-9-5-15(6-10-18)13-16(14-24)20-3-1-2-4-21(20)23/h1-13H/b16-13-. The molecule has 0 aromatic heterocycles. The molecule has 0 aliphatic carbocycles. The van der Waals surface area contributed by atoms with Gasteiger partial charge in [0.1, 0.15) is 5.82 Å². The third-order valence-corrected chi connectivity index (χ3v) is 4.79. The molecule has 0 saturated heterocycles. The van der Waals surface area contributed by atoms with E-state index in [2.05, 4.69) is 6.07 Å². The molecular formula is C21H13ClFNS. The minimum atomic E-state index is -0.398. The Bertz CT molecular complexity index is 941. The fraction of sp³-hybridized carbons (Fsp3) is 0. The molecule has 0 bridgehead atoms. The Balaban J connectivity index is 1.81. The highest BCUT2D eigenvalue weighted by atomic mass is 35.5. The molecule has 0 amide bonds. The van der Waals surface area contributed by atoms with E-state index >= 15 is 0 Å². The van der Waals surface area contributed by atoms with E-state index in [4.69, 9.17) is 11.6 Å². The van der Waals surface area contributed by atoms with Crippen LogP contribution in [0.4, 0.5) is 4.39 Å². The zero-order chi connectivity index (χ0) is 17.6. The van der Waals surface area contributed by atoms with Crippen LogP contribution in [0.2, 0.25) is 5.02 Å². The topological polar surface area (TPSA) is 23.8 Å². The van der Waals surface area contributed by atoms with Crippen molar-refractivity contribution in [3.8, 4) is 6.07 Å². The van der Waals surface area contributed by atoms with E-state index in [0.29, 0.717) is 16.2 Å². The zero-order valence-electron chi connectivity index (χ0n) is 13.1. The highest BCUT2D eigenvalue weighted by molar-refractivity contribution is 7.99. The van der Waals surface area contributed by atoms with Crippen molar-refractivity contribution in [3.05, 3.63) is 94.8 Å². The van der Waals surface area contributed by atoms with Gasteiger partial charge in [0.2, 0.25) is 0 Å². The monoisotopic (exact) mass is 365 g/mol. The first-order valence-corrected chi connectivity index (χ1v) is 8.75. The van der Waals surface area contributed by atoms with Gasteiger partial charge < -0.3 is 0 Å². The van der Waals surface area contributed by atoms with Gasteiger partial charge in [-0.15, -0.1) is 0 Å². The lowest BCUT2D eigenvalue weighted by Gasteiger charge is -2.04. The average molecular weight is 366 g/mol. The van der Waals surface area contributed by atoms with Crippen molar-refractivity contribution in [2.24, 2.45) is 0 Å². The molecule has 0 unspecified atom stereocenters. The van der Waals surface area contributed by atoms with Gasteiger partial charge in [-0.1, -0.05) is 53.7 Å². The number of allylic oxidation sites excluding steroid dienone is 1. The van der Waals surface area contributed by atoms with E-state index in [1.807, 2.05) is 48.5 Å². The second-order valence-electron chi connectivity index (χ2n) is 5.27. The normalized spacial score (nSPS) is 11.2. The number of hydrogen-bond acceptors (Lipinski definition) is 2. The van der Waals surface area contributed by atoms with E-state index < -0.39 is 5.82 Å². The van der Waals surface area contributed by atoms with Crippen molar-refractivity contribution in [2.45, 2.75) is 9.79 Å². The van der Waals surface area contributed by atoms with E-state index in [9.17, 15) is 9.65 Å². The van der Waals surface area contributed by atoms with Crippen LogP contribution >= 0.6 is 23.4 Å². The SMILES string of the molecule is N#C/C(=C/c1ccc(Sc2ccc(Cl)cc2)cc1)c1ccccc1F. The van der Waals surface area contributed by atoms with Crippen LogP contribution in [-0.2, 0) is 0 Å². The molecule has 0 aliphatic heterocycles. The molecule has 25 heavy (non-hydrogen) atoms. The van der Waals surface area contributed by atoms with Gasteiger partial charge in [-0.2, -0.15) is 5.26 Å². The van der Waals surface area contributed by atoms with Gasteiger partial charge in [0.15, 0.2) is 0 Å².